The summed E-state index contributed by atoms with van der Waals surface area (Å²) < 4.78 is 58.9. The van der Waals surface area contributed by atoms with Crippen molar-refractivity contribution >= 4 is 29.8 Å². The Morgan fingerprint density at radius 1 is 1.28 bits per heavy atom. The van der Waals surface area contributed by atoms with Gasteiger partial charge in [-0.1, -0.05) is 11.6 Å². The maximum atomic E-state index is 13.4. The molecule has 0 saturated heterocycles. The van der Waals surface area contributed by atoms with Gasteiger partial charge in [0.25, 0.3) is 0 Å². The van der Waals surface area contributed by atoms with Gasteiger partial charge in [-0.2, -0.15) is 13.2 Å². The van der Waals surface area contributed by atoms with Crippen LogP contribution < -0.4 is 10.6 Å². The van der Waals surface area contributed by atoms with Gasteiger partial charge in [-0.25, -0.2) is 20.3 Å². The third kappa shape index (κ3) is 5.99. The highest BCUT2D eigenvalue weighted by atomic mass is 35.5. The van der Waals surface area contributed by atoms with Crippen molar-refractivity contribution in [3.05, 3.63) is 33.9 Å². The lowest BCUT2D eigenvalue weighted by atomic mass is 9.99. The molecule has 0 aliphatic carbocycles. The van der Waals surface area contributed by atoms with Crippen LogP contribution in [0.15, 0.2) is 17.7 Å². The Morgan fingerprint density at radius 2 is 1.97 bits per heavy atom. The van der Waals surface area contributed by atoms with Crippen molar-refractivity contribution < 1.29 is 52.4 Å². The predicted molar refractivity (Wildman–Crippen MR) is 91.5 cm³/mol. The first-order valence-electron chi connectivity index (χ1n) is 8.15. The molecular weight excluding hydrogens is 423 g/mol. The number of fused-ring (bicyclic) bond motifs is 1. The number of aryl methyl sites for hydroxylation is 1. The molecule has 1 aromatic rings. The number of ether oxygens (including phenoxy) is 4. The second-order valence-corrected chi connectivity index (χ2v) is 6.45. The van der Waals surface area contributed by atoms with Crippen LogP contribution in [0.1, 0.15) is 18.1 Å². The fourth-order valence-electron chi connectivity index (χ4n) is 2.35. The van der Waals surface area contributed by atoms with Gasteiger partial charge in [-0.15, -0.1) is 0 Å². The lowest BCUT2D eigenvalue weighted by Crippen LogP contribution is -2.53. The molecule has 8 nitrogen and oxygen atoms in total. The van der Waals surface area contributed by atoms with Crippen LogP contribution in [0, 0.1) is 6.92 Å². The van der Waals surface area contributed by atoms with E-state index in [0.717, 1.165) is 6.08 Å². The summed E-state index contributed by atoms with van der Waals surface area (Å²) in [6.07, 6.45) is -8.17. The fourth-order valence-corrected chi connectivity index (χ4v) is 2.63. The van der Waals surface area contributed by atoms with Crippen LogP contribution in [0.5, 0.6) is 5.75 Å². The number of esters is 1. The molecule has 29 heavy (non-hydrogen) atoms. The van der Waals surface area contributed by atoms with Crippen molar-refractivity contribution in [3.8, 4) is 5.75 Å². The second-order valence-electron chi connectivity index (χ2n) is 6.01. The SMILES string of the molecule is Cc1cc(Cl)cc2c1OC(C(F)(F)F)C(C(=O)OCOC(=O)OCC(C)O[NH3+])=C2. The van der Waals surface area contributed by atoms with Crippen molar-refractivity contribution in [1.82, 2.24) is 0 Å². The number of carbonyl (C=O) groups excluding carboxylic acids is 2. The average molecular weight is 441 g/mol. The molecule has 2 unspecified atom stereocenters. The van der Waals surface area contributed by atoms with Crippen LogP contribution in [0.2, 0.25) is 5.02 Å². The van der Waals surface area contributed by atoms with Crippen LogP contribution in [0.25, 0.3) is 6.08 Å². The standard InChI is InChI=1S/C17H18ClF3NO7/c1-8-3-11(18)4-10-5-12(14(17(19,20)21)28-13(8)10)15(23)26-7-27-16(24)25-6-9(2)29-22/h3-5,9,14H,6-7H2,1-2,22H3/q+1. The van der Waals surface area contributed by atoms with Gasteiger partial charge in [-0.05, 0) is 37.6 Å². The monoisotopic (exact) mass is 440 g/mol. The Labute approximate surface area is 168 Å². The molecule has 1 heterocycles. The number of hydrogen-bond acceptors (Lipinski definition) is 7. The summed E-state index contributed by atoms with van der Waals surface area (Å²) >= 11 is 5.91. The highest BCUT2D eigenvalue weighted by Gasteiger charge is 2.49. The van der Waals surface area contributed by atoms with Gasteiger partial charge in [-0.3, -0.25) is 0 Å². The van der Waals surface area contributed by atoms with Gasteiger partial charge in [0.1, 0.15) is 18.5 Å². The van der Waals surface area contributed by atoms with Crippen molar-refractivity contribution in [3.63, 3.8) is 0 Å². The van der Waals surface area contributed by atoms with Gasteiger partial charge >= 0.3 is 18.3 Å². The molecule has 0 amide bonds. The van der Waals surface area contributed by atoms with E-state index in [-0.39, 0.29) is 22.9 Å². The van der Waals surface area contributed by atoms with Gasteiger partial charge in [0, 0.05) is 10.6 Å². The zero-order valence-corrected chi connectivity index (χ0v) is 16.1. The summed E-state index contributed by atoms with van der Waals surface area (Å²) in [6, 6.07) is 2.79. The van der Waals surface area contributed by atoms with Crippen LogP contribution in [-0.2, 0) is 23.8 Å². The Balaban J connectivity index is 2.09. The van der Waals surface area contributed by atoms with Crippen molar-refractivity contribution in [1.29, 1.82) is 0 Å². The number of alkyl halides is 3. The molecule has 0 saturated carbocycles. The summed E-state index contributed by atoms with van der Waals surface area (Å²) in [5.74, 6) is 1.71. The van der Waals surface area contributed by atoms with Crippen molar-refractivity contribution in [2.24, 2.45) is 0 Å². The minimum Gasteiger partial charge on any atom is -0.475 e. The molecule has 12 heteroatoms. The summed E-state index contributed by atoms with van der Waals surface area (Å²) in [5.41, 5.74) is -0.260. The zero-order valence-electron chi connectivity index (χ0n) is 15.4. The Hall–Kier alpha value is -2.50. The van der Waals surface area contributed by atoms with Crippen LogP contribution in [-0.4, -0.2) is 43.9 Å². The molecule has 3 N–H and O–H groups in total. The number of halogens is 4. The summed E-state index contributed by atoms with van der Waals surface area (Å²) in [7, 11) is 0. The van der Waals surface area contributed by atoms with Gasteiger partial charge in [0.05, 0.1) is 5.57 Å². The number of quaternary nitrogens is 1. The first kappa shape index (κ1) is 22.8. The van der Waals surface area contributed by atoms with E-state index < -0.39 is 42.9 Å². The molecule has 0 spiro atoms. The van der Waals surface area contributed by atoms with E-state index in [1.165, 1.54) is 19.1 Å². The first-order chi connectivity index (χ1) is 13.5. The van der Waals surface area contributed by atoms with Gasteiger partial charge in [0.2, 0.25) is 12.9 Å². The van der Waals surface area contributed by atoms with E-state index in [4.69, 9.17) is 16.3 Å². The highest BCUT2D eigenvalue weighted by molar-refractivity contribution is 6.30. The summed E-state index contributed by atoms with van der Waals surface area (Å²) in [5, 5.41) is 0.255. The Morgan fingerprint density at radius 3 is 2.59 bits per heavy atom. The molecule has 2 rings (SSSR count). The normalized spacial score (nSPS) is 16.8. The Kier molecular flexibility index (Phi) is 7.33. The van der Waals surface area contributed by atoms with E-state index in [2.05, 4.69) is 24.9 Å². The van der Waals surface area contributed by atoms with E-state index in [0.29, 0.717) is 5.56 Å². The summed E-state index contributed by atoms with van der Waals surface area (Å²) in [4.78, 5) is 28.1. The van der Waals surface area contributed by atoms with E-state index in [9.17, 15) is 22.8 Å². The number of carbonyl (C=O) groups is 2. The minimum absolute atomic E-state index is 0.0464. The first-order valence-corrected chi connectivity index (χ1v) is 8.53. The van der Waals surface area contributed by atoms with Crippen LogP contribution in [0.3, 0.4) is 0 Å². The average Bonchev–Trinajstić information content (AvgIpc) is 2.64. The largest absolute Gasteiger partial charge is 0.511 e. The third-order valence-corrected chi connectivity index (χ3v) is 3.94. The lowest BCUT2D eigenvalue weighted by Gasteiger charge is -2.28. The third-order valence-electron chi connectivity index (χ3n) is 3.72. The van der Waals surface area contributed by atoms with Crippen molar-refractivity contribution in [2.45, 2.75) is 32.2 Å². The smallest absolute Gasteiger partial charge is 0.475 e. The number of rotatable bonds is 6. The molecule has 0 bridgehead atoms. The number of benzene rings is 1. The van der Waals surface area contributed by atoms with Crippen molar-refractivity contribution in [2.75, 3.05) is 13.4 Å². The fraction of sp³-hybridized carbons (Fsp3) is 0.412. The van der Waals surface area contributed by atoms with E-state index >= 15 is 0 Å². The van der Waals surface area contributed by atoms with Gasteiger partial charge in [0.15, 0.2) is 0 Å². The maximum Gasteiger partial charge on any atom is 0.511 e. The lowest BCUT2D eigenvalue weighted by molar-refractivity contribution is -0.701. The van der Waals surface area contributed by atoms with Crippen LogP contribution >= 0.6 is 11.6 Å². The molecule has 2 atom stereocenters. The van der Waals surface area contributed by atoms with E-state index in [1.807, 2.05) is 0 Å². The molecule has 0 fully saturated rings. The van der Waals surface area contributed by atoms with Crippen LogP contribution in [0.4, 0.5) is 18.0 Å². The summed E-state index contributed by atoms with van der Waals surface area (Å²) in [6.45, 7) is 1.96. The molecule has 1 aliphatic heterocycles. The number of hydrogen-bond donors (Lipinski definition) is 1. The molecule has 1 aliphatic rings. The maximum absolute atomic E-state index is 13.4. The predicted octanol–water partition coefficient (Wildman–Crippen LogP) is 2.57. The minimum atomic E-state index is -4.89. The molecule has 0 radical (unpaired) electrons. The van der Waals surface area contributed by atoms with E-state index in [1.54, 1.807) is 6.92 Å². The highest BCUT2D eigenvalue weighted by Crippen LogP contribution is 2.40. The second kappa shape index (κ2) is 9.33. The quantitative estimate of drug-likeness (QED) is 0.411. The van der Waals surface area contributed by atoms with Gasteiger partial charge < -0.3 is 18.9 Å². The zero-order chi connectivity index (χ0) is 21.8. The Bertz CT molecular complexity index is 813. The molecule has 160 valence electrons. The molecule has 0 aromatic heterocycles. The molecular formula is C17H18ClF3NO7+. The molecule has 1 aromatic carbocycles. The topological polar surface area (TPSA) is 108 Å².